The van der Waals surface area contributed by atoms with Gasteiger partial charge in [-0.25, -0.2) is 4.98 Å². The van der Waals surface area contributed by atoms with Gasteiger partial charge in [-0.2, -0.15) is 0 Å². The zero-order valence-corrected chi connectivity index (χ0v) is 14.3. The molecule has 6 nitrogen and oxygen atoms in total. The number of carbonyl (C=O) groups is 1. The molecule has 1 aromatic carbocycles. The third-order valence-corrected chi connectivity index (χ3v) is 4.75. The van der Waals surface area contributed by atoms with Crippen LogP contribution in [0.15, 0.2) is 41.5 Å². The lowest BCUT2D eigenvalue weighted by atomic mass is 10.2. The molecule has 25 heavy (non-hydrogen) atoms. The fourth-order valence-electron chi connectivity index (χ4n) is 3.15. The Hall–Kier alpha value is -2.89. The minimum absolute atomic E-state index is 0.00722. The number of carbonyl (C=O) groups excluding carboxylic acids is 1. The van der Waals surface area contributed by atoms with Crippen LogP contribution in [0, 0.1) is 13.8 Å². The minimum atomic E-state index is -0.175. The lowest BCUT2D eigenvalue weighted by Gasteiger charge is -2.08. The summed E-state index contributed by atoms with van der Waals surface area (Å²) in [5, 5.41) is 3.48. The number of hydrogen-bond acceptors (Lipinski definition) is 3. The molecule has 4 rings (SSSR count). The van der Waals surface area contributed by atoms with Gasteiger partial charge in [0.2, 0.25) is 5.91 Å². The number of hydrogen-bond donors (Lipinski definition) is 1. The van der Waals surface area contributed by atoms with E-state index in [0.29, 0.717) is 11.0 Å². The van der Waals surface area contributed by atoms with Crippen molar-refractivity contribution in [1.82, 2.24) is 19.4 Å². The first kappa shape index (κ1) is 15.6. The molecule has 0 saturated heterocycles. The molecule has 1 saturated carbocycles. The fourth-order valence-corrected chi connectivity index (χ4v) is 3.15. The first-order valence-electron chi connectivity index (χ1n) is 8.48. The number of amides is 1. The van der Waals surface area contributed by atoms with Gasteiger partial charge in [0.1, 0.15) is 12.9 Å². The molecule has 6 heteroatoms. The van der Waals surface area contributed by atoms with Crippen molar-refractivity contribution in [2.24, 2.45) is 0 Å². The average Bonchev–Trinajstić information content (AvgIpc) is 3.37. The highest BCUT2D eigenvalue weighted by Crippen LogP contribution is 2.24. The molecule has 128 valence electrons. The molecule has 2 aromatic heterocycles. The Balaban J connectivity index is 1.81. The van der Waals surface area contributed by atoms with E-state index in [1.165, 1.54) is 10.9 Å². The molecule has 1 fully saturated rings. The van der Waals surface area contributed by atoms with Crippen LogP contribution in [0.5, 0.6) is 0 Å². The molecule has 1 amide bonds. The van der Waals surface area contributed by atoms with E-state index in [4.69, 9.17) is 0 Å². The van der Waals surface area contributed by atoms with E-state index in [2.05, 4.69) is 10.3 Å². The molecule has 0 aliphatic heterocycles. The number of benzene rings is 1. The molecule has 3 aromatic rings. The van der Waals surface area contributed by atoms with Crippen molar-refractivity contribution in [2.45, 2.75) is 39.3 Å². The summed E-state index contributed by atoms with van der Waals surface area (Å²) in [7, 11) is 0. The Labute approximate surface area is 145 Å². The van der Waals surface area contributed by atoms with Crippen LogP contribution in [0.25, 0.3) is 16.7 Å². The standard InChI is InChI=1S/C19H20N4O2/c1-12-13(2)23(15-6-4-3-5-7-15)18-17(12)19(25)22(11-20-18)10-16(24)21-14-8-9-14/h3-7,11,14H,8-10H2,1-2H3,(H,21,24). The van der Waals surface area contributed by atoms with Crippen molar-refractivity contribution < 1.29 is 4.79 Å². The molecular formula is C19H20N4O2. The molecule has 0 radical (unpaired) electrons. The topological polar surface area (TPSA) is 68.9 Å². The summed E-state index contributed by atoms with van der Waals surface area (Å²) >= 11 is 0. The third-order valence-electron chi connectivity index (χ3n) is 4.75. The van der Waals surface area contributed by atoms with Crippen molar-refractivity contribution >= 4 is 16.9 Å². The van der Waals surface area contributed by atoms with Gasteiger partial charge in [0.15, 0.2) is 5.65 Å². The number of para-hydroxylation sites is 1. The van der Waals surface area contributed by atoms with Gasteiger partial charge in [0.05, 0.1) is 5.39 Å². The second-order valence-electron chi connectivity index (χ2n) is 6.60. The molecular weight excluding hydrogens is 316 g/mol. The van der Waals surface area contributed by atoms with Crippen LogP contribution < -0.4 is 10.9 Å². The Kier molecular flexibility index (Phi) is 3.67. The summed E-state index contributed by atoms with van der Waals surface area (Å²) in [4.78, 5) is 29.4. The van der Waals surface area contributed by atoms with E-state index in [1.807, 2.05) is 48.7 Å². The summed E-state index contributed by atoms with van der Waals surface area (Å²) in [5.41, 5.74) is 3.30. The zero-order chi connectivity index (χ0) is 17.6. The number of nitrogens with zero attached hydrogens (tertiary/aromatic N) is 3. The lowest BCUT2D eigenvalue weighted by molar-refractivity contribution is -0.121. The highest BCUT2D eigenvalue weighted by Gasteiger charge is 2.24. The van der Waals surface area contributed by atoms with Gasteiger partial charge in [-0.1, -0.05) is 18.2 Å². The second kappa shape index (κ2) is 5.88. The molecule has 2 heterocycles. The van der Waals surface area contributed by atoms with Gasteiger partial charge in [0, 0.05) is 17.4 Å². The second-order valence-corrected chi connectivity index (χ2v) is 6.60. The minimum Gasteiger partial charge on any atom is -0.352 e. The van der Waals surface area contributed by atoms with Crippen molar-refractivity contribution in [3.05, 3.63) is 58.3 Å². The quantitative estimate of drug-likeness (QED) is 0.793. The number of nitrogens with one attached hydrogen (secondary N) is 1. The third kappa shape index (κ3) is 2.73. The van der Waals surface area contributed by atoms with Gasteiger partial charge in [-0.05, 0) is 44.4 Å². The number of rotatable bonds is 4. The fraction of sp³-hybridized carbons (Fsp3) is 0.316. The lowest BCUT2D eigenvalue weighted by Crippen LogP contribution is -2.33. The van der Waals surface area contributed by atoms with Crippen LogP contribution in [0.3, 0.4) is 0 Å². The normalized spacial score (nSPS) is 14.0. The maximum atomic E-state index is 12.9. The molecule has 0 bridgehead atoms. The van der Waals surface area contributed by atoms with Crippen LogP contribution in [-0.2, 0) is 11.3 Å². The molecule has 1 aliphatic carbocycles. The van der Waals surface area contributed by atoms with Crippen molar-refractivity contribution in [1.29, 1.82) is 0 Å². The largest absolute Gasteiger partial charge is 0.352 e. The molecule has 0 atom stereocenters. The molecule has 1 aliphatic rings. The summed E-state index contributed by atoms with van der Waals surface area (Å²) < 4.78 is 3.38. The maximum absolute atomic E-state index is 12.9. The smallest absolute Gasteiger partial charge is 0.263 e. The molecule has 0 unspecified atom stereocenters. The Morgan fingerprint density at radius 3 is 2.64 bits per heavy atom. The molecule has 1 N–H and O–H groups in total. The van der Waals surface area contributed by atoms with Gasteiger partial charge >= 0.3 is 0 Å². The predicted molar refractivity (Wildman–Crippen MR) is 96.0 cm³/mol. The number of aryl methyl sites for hydroxylation is 1. The highest BCUT2D eigenvalue weighted by molar-refractivity contribution is 5.83. The van der Waals surface area contributed by atoms with Crippen LogP contribution in [0.2, 0.25) is 0 Å². The van der Waals surface area contributed by atoms with Crippen LogP contribution in [0.1, 0.15) is 24.1 Å². The zero-order valence-electron chi connectivity index (χ0n) is 14.3. The number of aromatic nitrogens is 3. The Bertz CT molecular complexity index is 1010. The van der Waals surface area contributed by atoms with E-state index >= 15 is 0 Å². The predicted octanol–water partition coefficient (Wildman–Crippen LogP) is 2.08. The van der Waals surface area contributed by atoms with E-state index in [1.54, 1.807) is 0 Å². The van der Waals surface area contributed by atoms with Crippen molar-refractivity contribution in [2.75, 3.05) is 0 Å². The Morgan fingerprint density at radius 1 is 1.24 bits per heavy atom. The maximum Gasteiger partial charge on any atom is 0.263 e. The van der Waals surface area contributed by atoms with Crippen molar-refractivity contribution in [3.63, 3.8) is 0 Å². The SMILES string of the molecule is Cc1c(C)n(-c2ccccc2)c2ncn(CC(=O)NC3CC3)c(=O)c12. The van der Waals surface area contributed by atoms with Gasteiger partial charge in [-0.15, -0.1) is 0 Å². The van der Waals surface area contributed by atoms with E-state index in [-0.39, 0.29) is 24.1 Å². The van der Waals surface area contributed by atoms with Crippen LogP contribution >= 0.6 is 0 Å². The summed E-state index contributed by atoms with van der Waals surface area (Å²) in [6.45, 7) is 3.91. The Morgan fingerprint density at radius 2 is 1.96 bits per heavy atom. The van der Waals surface area contributed by atoms with E-state index in [9.17, 15) is 9.59 Å². The van der Waals surface area contributed by atoms with Crippen LogP contribution in [0.4, 0.5) is 0 Å². The summed E-state index contributed by atoms with van der Waals surface area (Å²) in [6, 6.07) is 10.1. The first-order valence-corrected chi connectivity index (χ1v) is 8.48. The number of fused-ring (bicyclic) bond motifs is 1. The van der Waals surface area contributed by atoms with Crippen molar-refractivity contribution in [3.8, 4) is 5.69 Å². The average molecular weight is 336 g/mol. The first-order chi connectivity index (χ1) is 12.1. The summed E-state index contributed by atoms with van der Waals surface area (Å²) in [6.07, 6.45) is 3.52. The molecule has 0 spiro atoms. The van der Waals surface area contributed by atoms with Crippen LogP contribution in [-0.4, -0.2) is 26.1 Å². The monoisotopic (exact) mass is 336 g/mol. The van der Waals surface area contributed by atoms with Gasteiger partial charge in [0.25, 0.3) is 5.56 Å². The highest BCUT2D eigenvalue weighted by atomic mass is 16.2. The van der Waals surface area contributed by atoms with E-state index in [0.717, 1.165) is 29.8 Å². The van der Waals surface area contributed by atoms with E-state index < -0.39 is 0 Å². The van der Waals surface area contributed by atoms with Gasteiger partial charge < -0.3 is 5.32 Å². The summed E-state index contributed by atoms with van der Waals surface area (Å²) in [5.74, 6) is -0.136. The van der Waals surface area contributed by atoms with Gasteiger partial charge in [-0.3, -0.25) is 18.7 Å².